The van der Waals surface area contributed by atoms with Crippen LogP contribution in [0.2, 0.25) is 0 Å². The first-order valence-electron chi connectivity index (χ1n) is 8.43. The number of nitrogens with zero attached hydrogens (tertiary/aromatic N) is 1. The van der Waals surface area contributed by atoms with Crippen LogP contribution in [-0.2, 0) is 4.79 Å². The molecule has 5 heteroatoms. The second kappa shape index (κ2) is 15.0. The molecule has 0 saturated carbocycles. The highest BCUT2D eigenvalue weighted by molar-refractivity contribution is 5.66. The Labute approximate surface area is 138 Å². The molecule has 0 aliphatic heterocycles. The molecule has 0 aromatic rings. The van der Waals surface area contributed by atoms with Crippen molar-refractivity contribution >= 4 is 5.97 Å². The first-order chi connectivity index (χ1) is 11.1. The van der Waals surface area contributed by atoms with E-state index in [1.165, 1.54) is 0 Å². The molecule has 0 rings (SSSR count). The predicted molar refractivity (Wildman–Crippen MR) is 92.8 cm³/mol. The second-order valence-corrected chi connectivity index (χ2v) is 5.44. The fourth-order valence-electron chi connectivity index (χ4n) is 2.13. The molecule has 23 heavy (non-hydrogen) atoms. The zero-order valence-electron chi connectivity index (χ0n) is 14.1. The van der Waals surface area contributed by atoms with E-state index in [9.17, 15) is 14.9 Å². The molecular weight excluding hydrogens is 294 g/mol. The van der Waals surface area contributed by atoms with Gasteiger partial charge in [0.15, 0.2) is 0 Å². The summed E-state index contributed by atoms with van der Waals surface area (Å²) < 4.78 is 0. The van der Waals surface area contributed by atoms with E-state index in [0.717, 1.165) is 44.9 Å². The van der Waals surface area contributed by atoms with Gasteiger partial charge >= 0.3 is 5.97 Å². The van der Waals surface area contributed by atoms with Crippen molar-refractivity contribution in [3.8, 4) is 0 Å². The van der Waals surface area contributed by atoms with Crippen LogP contribution in [0.1, 0.15) is 71.1 Å². The zero-order valence-corrected chi connectivity index (χ0v) is 14.1. The van der Waals surface area contributed by atoms with Crippen LogP contribution in [0, 0.1) is 10.1 Å². The highest BCUT2D eigenvalue weighted by Gasteiger charge is 2.05. The van der Waals surface area contributed by atoms with Crippen LogP contribution in [0.3, 0.4) is 0 Å². The van der Waals surface area contributed by atoms with Gasteiger partial charge in [0.1, 0.15) is 0 Å². The molecule has 0 heterocycles. The van der Waals surface area contributed by atoms with Crippen LogP contribution < -0.4 is 0 Å². The van der Waals surface area contributed by atoms with E-state index >= 15 is 0 Å². The molecule has 0 spiro atoms. The van der Waals surface area contributed by atoms with Gasteiger partial charge in [-0.3, -0.25) is 14.9 Å². The van der Waals surface area contributed by atoms with Gasteiger partial charge in [-0.05, 0) is 38.2 Å². The van der Waals surface area contributed by atoms with Crippen molar-refractivity contribution in [1.29, 1.82) is 0 Å². The Balaban J connectivity index is 3.57. The standard InChI is InChI=1S/C18H29NO4/c1-2-14-17(19(22)23)15-12-10-8-6-4-3-5-7-9-11-13-16-18(20)21/h4,6,10,12,14H,2-3,5,7-9,11,13,15-16H2,1H3,(H,20,21)/b6-4-,12-10-,17-14+. The van der Waals surface area contributed by atoms with E-state index < -0.39 is 5.97 Å². The van der Waals surface area contributed by atoms with E-state index in [0.29, 0.717) is 12.8 Å². The summed E-state index contributed by atoms with van der Waals surface area (Å²) in [6.45, 7) is 1.89. The highest BCUT2D eigenvalue weighted by atomic mass is 16.6. The Bertz CT molecular complexity index is 425. The molecule has 0 aliphatic rings. The SMILES string of the molecule is CC/C=C(\C/C=C\C/C=C\CCCCCCCC(=O)O)[N+](=O)[O-]. The minimum absolute atomic E-state index is 0.260. The van der Waals surface area contributed by atoms with Crippen LogP contribution in [-0.4, -0.2) is 16.0 Å². The zero-order chi connectivity index (χ0) is 17.3. The summed E-state index contributed by atoms with van der Waals surface area (Å²) in [5, 5.41) is 19.2. The van der Waals surface area contributed by atoms with Gasteiger partial charge < -0.3 is 5.11 Å². The fourth-order valence-corrected chi connectivity index (χ4v) is 2.13. The summed E-state index contributed by atoms with van der Waals surface area (Å²) in [5.74, 6) is -0.712. The van der Waals surface area contributed by atoms with E-state index in [1.807, 2.05) is 19.1 Å². The number of nitro groups is 1. The maximum absolute atomic E-state index is 10.7. The van der Waals surface area contributed by atoms with Gasteiger partial charge in [-0.2, -0.15) is 0 Å². The lowest BCUT2D eigenvalue weighted by atomic mass is 10.1. The van der Waals surface area contributed by atoms with E-state index in [4.69, 9.17) is 5.11 Å². The number of rotatable bonds is 14. The lowest BCUT2D eigenvalue weighted by Crippen LogP contribution is -1.96. The van der Waals surface area contributed by atoms with Crippen molar-refractivity contribution in [2.45, 2.75) is 71.1 Å². The Kier molecular flexibility index (Phi) is 13.8. The highest BCUT2D eigenvalue weighted by Crippen LogP contribution is 2.08. The lowest BCUT2D eigenvalue weighted by molar-refractivity contribution is -0.427. The number of carboxylic acids is 1. The molecule has 130 valence electrons. The quantitative estimate of drug-likeness (QED) is 0.204. The molecule has 5 nitrogen and oxygen atoms in total. The number of carboxylic acid groups (broad SMARTS) is 1. The number of hydrogen-bond acceptors (Lipinski definition) is 3. The average molecular weight is 323 g/mol. The van der Waals surface area contributed by atoms with E-state index in [-0.39, 0.29) is 17.0 Å². The predicted octanol–water partition coefficient (Wildman–Crippen LogP) is 5.26. The Morgan fingerprint density at radius 1 is 1.04 bits per heavy atom. The molecule has 0 aliphatic carbocycles. The number of allylic oxidation sites excluding steroid dienone is 5. The number of aliphatic carboxylic acids is 1. The maximum atomic E-state index is 10.7. The largest absolute Gasteiger partial charge is 0.481 e. The van der Waals surface area contributed by atoms with E-state index in [1.54, 1.807) is 6.08 Å². The Morgan fingerprint density at radius 2 is 1.70 bits per heavy atom. The first kappa shape index (κ1) is 21.1. The third kappa shape index (κ3) is 14.8. The lowest BCUT2D eigenvalue weighted by Gasteiger charge is -1.98. The molecule has 0 amide bonds. The molecular formula is C18H29NO4. The number of carbonyl (C=O) groups is 1. The summed E-state index contributed by atoms with van der Waals surface area (Å²) in [7, 11) is 0. The molecule has 0 radical (unpaired) electrons. The minimum Gasteiger partial charge on any atom is -0.481 e. The molecule has 0 atom stereocenters. The summed E-state index contributed by atoms with van der Waals surface area (Å²) in [6, 6.07) is 0. The molecule has 0 aromatic heterocycles. The van der Waals surface area contributed by atoms with Gasteiger partial charge in [0.05, 0.1) is 11.3 Å². The van der Waals surface area contributed by atoms with E-state index in [2.05, 4.69) is 12.2 Å². The van der Waals surface area contributed by atoms with Crippen molar-refractivity contribution in [1.82, 2.24) is 0 Å². The van der Waals surface area contributed by atoms with Crippen molar-refractivity contribution in [3.05, 3.63) is 46.2 Å². The minimum atomic E-state index is -0.712. The summed E-state index contributed by atoms with van der Waals surface area (Å²) >= 11 is 0. The van der Waals surface area contributed by atoms with Crippen molar-refractivity contribution in [3.63, 3.8) is 0 Å². The van der Waals surface area contributed by atoms with Crippen LogP contribution in [0.4, 0.5) is 0 Å². The topological polar surface area (TPSA) is 80.4 Å². The van der Waals surface area contributed by atoms with Gasteiger partial charge in [0, 0.05) is 6.42 Å². The van der Waals surface area contributed by atoms with Crippen molar-refractivity contribution < 1.29 is 14.8 Å². The molecule has 0 unspecified atom stereocenters. The Morgan fingerprint density at radius 3 is 2.35 bits per heavy atom. The summed E-state index contributed by atoms with van der Waals surface area (Å²) in [5.41, 5.74) is 0.260. The monoisotopic (exact) mass is 323 g/mol. The van der Waals surface area contributed by atoms with Gasteiger partial charge in [0.25, 0.3) is 0 Å². The van der Waals surface area contributed by atoms with Gasteiger partial charge in [-0.15, -0.1) is 0 Å². The van der Waals surface area contributed by atoms with Crippen LogP contribution >= 0.6 is 0 Å². The first-order valence-corrected chi connectivity index (χ1v) is 8.43. The van der Waals surface area contributed by atoms with Crippen molar-refractivity contribution in [2.75, 3.05) is 0 Å². The third-order valence-electron chi connectivity index (χ3n) is 3.37. The smallest absolute Gasteiger partial charge is 0.303 e. The van der Waals surface area contributed by atoms with Crippen molar-refractivity contribution in [2.24, 2.45) is 0 Å². The molecule has 0 saturated heterocycles. The summed E-state index contributed by atoms with van der Waals surface area (Å²) in [6.07, 6.45) is 17.9. The van der Waals surface area contributed by atoms with Crippen LogP contribution in [0.25, 0.3) is 0 Å². The van der Waals surface area contributed by atoms with Gasteiger partial charge in [0.2, 0.25) is 5.70 Å². The molecule has 1 N–H and O–H groups in total. The molecule has 0 aromatic carbocycles. The number of unbranched alkanes of at least 4 members (excludes halogenated alkanes) is 5. The maximum Gasteiger partial charge on any atom is 0.303 e. The second-order valence-electron chi connectivity index (χ2n) is 5.44. The molecule has 0 fully saturated rings. The normalized spacial score (nSPS) is 12.3. The Hall–Kier alpha value is -1.91. The van der Waals surface area contributed by atoms with Gasteiger partial charge in [-0.1, -0.05) is 50.5 Å². The number of hydrogen-bond donors (Lipinski definition) is 1. The van der Waals surface area contributed by atoms with Crippen LogP contribution in [0.15, 0.2) is 36.1 Å². The molecule has 0 bridgehead atoms. The van der Waals surface area contributed by atoms with Gasteiger partial charge in [-0.25, -0.2) is 0 Å². The fraction of sp³-hybridized carbons (Fsp3) is 0.611. The summed E-state index contributed by atoms with van der Waals surface area (Å²) in [4.78, 5) is 20.7. The van der Waals surface area contributed by atoms with Crippen LogP contribution in [0.5, 0.6) is 0 Å². The third-order valence-corrected chi connectivity index (χ3v) is 3.37. The average Bonchev–Trinajstić information content (AvgIpc) is 2.50.